The Bertz CT molecular complexity index is 1060. The van der Waals surface area contributed by atoms with Crippen LogP contribution in [0.4, 0.5) is 11.4 Å². The summed E-state index contributed by atoms with van der Waals surface area (Å²) in [4.78, 5) is 51.8. The van der Waals surface area contributed by atoms with Crippen molar-refractivity contribution in [1.29, 1.82) is 0 Å². The van der Waals surface area contributed by atoms with Crippen molar-refractivity contribution in [2.45, 2.75) is 30.3 Å². The summed E-state index contributed by atoms with van der Waals surface area (Å²) >= 11 is 1.28. The van der Waals surface area contributed by atoms with Crippen LogP contribution in [-0.4, -0.2) is 46.5 Å². The molecule has 0 atom stereocenters. The van der Waals surface area contributed by atoms with Crippen LogP contribution >= 0.6 is 11.8 Å². The molecular formula is C19H18N4O5S. The molecule has 0 bridgehead atoms. The summed E-state index contributed by atoms with van der Waals surface area (Å²) in [5.41, 5.74) is 0.301. The number of esters is 1. The molecule has 0 saturated heterocycles. The monoisotopic (exact) mass is 414 g/mol. The van der Waals surface area contributed by atoms with Crippen LogP contribution in [0.25, 0.3) is 0 Å². The van der Waals surface area contributed by atoms with Gasteiger partial charge in [0.2, 0.25) is 11.8 Å². The van der Waals surface area contributed by atoms with Crippen LogP contribution < -0.4 is 15.8 Å². The largest absolute Gasteiger partial charge is 0.465 e. The predicted molar refractivity (Wildman–Crippen MR) is 106 cm³/mol. The second-order valence-electron chi connectivity index (χ2n) is 6.69. The minimum Gasteiger partial charge on any atom is -0.465 e. The minimum atomic E-state index is -0.583. The zero-order valence-electron chi connectivity index (χ0n) is 15.6. The zero-order valence-corrected chi connectivity index (χ0v) is 16.4. The second-order valence-corrected chi connectivity index (χ2v) is 7.71. The van der Waals surface area contributed by atoms with E-state index >= 15 is 0 Å². The van der Waals surface area contributed by atoms with Crippen molar-refractivity contribution in [3.05, 3.63) is 46.4 Å². The predicted octanol–water partition coefficient (Wildman–Crippen LogP) is 1.27. The Morgan fingerprint density at radius 3 is 2.76 bits per heavy atom. The zero-order chi connectivity index (χ0) is 20.5. The lowest BCUT2D eigenvalue weighted by atomic mass is 10.2. The summed E-state index contributed by atoms with van der Waals surface area (Å²) in [6, 6.07) is 6.46. The number of nitrogens with one attached hydrogen (secondary N) is 1. The molecule has 150 valence electrons. The van der Waals surface area contributed by atoms with Gasteiger partial charge < -0.3 is 15.0 Å². The number of thioether (sulfide) groups is 1. The lowest BCUT2D eigenvalue weighted by Gasteiger charge is -2.28. The van der Waals surface area contributed by atoms with Crippen LogP contribution in [0.3, 0.4) is 0 Å². The van der Waals surface area contributed by atoms with Gasteiger partial charge in [0.05, 0.1) is 35.2 Å². The van der Waals surface area contributed by atoms with Crippen LogP contribution in [0.5, 0.6) is 0 Å². The molecule has 1 saturated carbocycles. The van der Waals surface area contributed by atoms with Crippen molar-refractivity contribution in [3.8, 4) is 0 Å². The van der Waals surface area contributed by atoms with E-state index < -0.39 is 17.4 Å². The van der Waals surface area contributed by atoms with Gasteiger partial charge in [0.15, 0.2) is 0 Å². The van der Waals surface area contributed by atoms with E-state index in [-0.39, 0.29) is 35.5 Å². The Morgan fingerprint density at radius 1 is 1.28 bits per heavy atom. The van der Waals surface area contributed by atoms with Crippen molar-refractivity contribution >= 4 is 40.9 Å². The number of carbonyl (C=O) groups excluding carboxylic acids is 3. The number of amides is 2. The number of fused-ring (bicyclic) bond motifs is 1. The van der Waals surface area contributed by atoms with Gasteiger partial charge in [-0.05, 0) is 25.0 Å². The topological polar surface area (TPSA) is 111 Å². The lowest BCUT2D eigenvalue weighted by molar-refractivity contribution is -0.117. The van der Waals surface area contributed by atoms with Crippen molar-refractivity contribution in [3.63, 3.8) is 0 Å². The average Bonchev–Trinajstić information content (AvgIpc) is 3.55. The molecular weight excluding hydrogens is 396 g/mol. The van der Waals surface area contributed by atoms with Gasteiger partial charge in [-0.25, -0.2) is 9.48 Å². The van der Waals surface area contributed by atoms with Crippen molar-refractivity contribution in [2.75, 3.05) is 23.1 Å². The van der Waals surface area contributed by atoms with E-state index in [0.717, 1.165) is 17.5 Å². The molecule has 0 radical (unpaired) electrons. The van der Waals surface area contributed by atoms with Crippen molar-refractivity contribution in [2.24, 2.45) is 0 Å². The van der Waals surface area contributed by atoms with E-state index in [0.29, 0.717) is 10.6 Å². The quantitative estimate of drug-likeness (QED) is 0.734. The number of methoxy groups -OCH3 is 1. The van der Waals surface area contributed by atoms with Gasteiger partial charge in [-0.15, -0.1) is 11.8 Å². The van der Waals surface area contributed by atoms with E-state index in [4.69, 9.17) is 4.74 Å². The number of nitrogens with zero attached hydrogens (tertiary/aromatic N) is 3. The van der Waals surface area contributed by atoms with Gasteiger partial charge in [0.1, 0.15) is 12.2 Å². The summed E-state index contributed by atoms with van der Waals surface area (Å²) in [5.74, 6) is -0.931. The highest BCUT2D eigenvalue weighted by Crippen LogP contribution is 2.38. The first-order valence-corrected chi connectivity index (χ1v) is 10.0. The molecule has 0 unspecified atom stereocenters. The maximum atomic E-state index is 13.0. The standard InChI is InChI=1S/C19H18N4O5S/c1-28-19(27)12-4-2-3-5-13(12)21-15(24)9-22-18(26)17-14(8-20-22)29-10-16(25)23(17)11-6-7-11/h2-5,8,11H,6-7,9-10H2,1H3,(H,21,24). The maximum Gasteiger partial charge on any atom is 0.339 e. The number of aromatic nitrogens is 2. The SMILES string of the molecule is COC(=O)c1ccccc1NC(=O)Cn1ncc2c(c1=O)N(C1CC1)C(=O)CS2. The van der Waals surface area contributed by atoms with E-state index in [2.05, 4.69) is 10.4 Å². The van der Waals surface area contributed by atoms with Gasteiger partial charge in [0, 0.05) is 6.04 Å². The molecule has 4 rings (SSSR count). The first-order valence-electron chi connectivity index (χ1n) is 9.01. The normalized spacial score (nSPS) is 15.6. The molecule has 1 N–H and O–H groups in total. The van der Waals surface area contributed by atoms with Crippen molar-refractivity contribution in [1.82, 2.24) is 9.78 Å². The molecule has 9 nitrogen and oxygen atoms in total. The van der Waals surface area contributed by atoms with Gasteiger partial charge >= 0.3 is 5.97 Å². The summed E-state index contributed by atoms with van der Waals surface area (Å²) in [6.45, 7) is -0.348. The maximum absolute atomic E-state index is 13.0. The van der Waals surface area contributed by atoms with E-state index in [1.54, 1.807) is 23.1 Å². The van der Waals surface area contributed by atoms with E-state index in [1.807, 2.05) is 0 Å². The number of rotatable bonds is 5. The Morgan fingerprint density at radius 2 is 2.03 bits per heavy atom. The number of carbonyl (C=O) groups is 3. The van der Waals surface area contributed by atoms with Gasteiger partial charge in [-0.2, -0.15) is 5.10 Å². The third-order valence-corrected chi connectivity index (χ3v) is 5.66. The van der Waals surface area contributed by atoms with Crippen molar-refractivity contribution < 1.29 is 19.1 Å². The third-order valence-electron chi connectivity index (χ3n) is 4.66. The molecule has 1 aliphatic carbocycles. The minimum absolute atomic E-state index is 0.0476. The van der Waals surface area contributed by atoms with Crippen LogP contribution in [0.2, 0.25) is 0 Å². The van der Waals surface area contributed by atoms with Crippen LogP contribution in [0.1, 0.15) is 23.2 Å². The van der Waals surface area contributed by atoms with Crippen LogP contribution in [-0.2, 0) is 20.9 Å². The first kappa shape index (κ1) is 19.2. The van der Waals surface area contributed by atoms with Gasteiger partial charge in [-0.3, -0.25) is 14.4 Å². The summed E-state index contributed by atoms with van der Waals surface area (Å²) < 4.78 is 5.74. The smallest absolute Gasteiger partial charge is 0.339 e. The van der Waals surface area contributed by atoms with Crippen LogP contribution in [0.15, 0.2) is 40.2 Å². The highest BCUT2D eigenvalue weighted by molar-refractivity contribution is 8.00. The Kier molecular flexibility index (Phi) is 5.10. The van der Waals surface area contributed by atoms with E-state index in [9.17, 15) is 19.2 Å². The number of hydrogen-bond donors (Lipinski definition) is 1. The van der Waals surface area contributed by atoms with E-state index in [1.165, 1.54) is 31.1 Å². The fraction of sp³-hybridized carbons (Fsp3) is 0.316. The van der Waals surface area contributed by atoms with Gasteiger partial charge in [-0.1, -0.05) is 12.1 Å². The molecule has 2 aliphatic rings. The molecule has 1 aliphatic heterocycles. The first-order chi connectivity index (χ1) is 14.0. The highest BCUT2D eigenvalue weighted by atomic mass is 32.2. The summed E-state index contributed by atoms with van der Waals surface area (Å²) in [7, 11) is 1.25. The number of anilines is 2. The second kappa shape index (κ2) is 7.70. The Balaban J connectivity index is 1.58. The molecule has 2 aromatic rings. The molecule has 10 heteroatoms. The molecule has 29 heavy (non-hydrogen) atoms. The molecule has 1 fully saturated rings. The van der Waals surface area contributed by atoms with Crippen LogP contribution in [0, 0.1) is 0 Å². The number of ether oxygens (including phenoxy) is 1. The Labute approximate surface area is 170 Å². The fourth-order valence-corrected chi connectivity index (χ4v) is 4.02. The Hall–Kier alpha value is -3.14. The molecule has 1 aromatic carbocycles. The number of benzene rings is 1. The molecule has 2 amide bonds. The third kappa shape index (κ3) is 3.75. The summed E-state index contributed by atoms with van der Waals surface area (Å²) in [6.07, 6.45) is 3.24. The molecule has 0 spiro atoms. The number of para-hydroxylation sites is 1. The lowest BCUT2D eigenvalue weighted by Crippen LogP contribution is -2.43. The molecule has 1 aromatic heterocycles. The van der Waals surface area contributed by atoms with Gasteiger partial charge in [0.25, 0.3) is 5.56 Å². The molecule has 2 heterocycles. The highest BCUT2D eigenvalue weighted by Gasteiger charge is 2.39. The fourth-order valence-electron chi connectivity index (χ4n) is 3.16. The average molecular weight is 414 g/mol. The number of hydrogen-bond acceptors (Lipinski definition) is 7. The summed E-state index contributed by atoms with van der Waals surface area (Å²) in [5, 5.41) is 6.69.